The van der Waals surface area contributed by atoms with Crippen LogP contribution in [0.2, 0.25) is 0 Å². The van der Waals surface area contributed by atoms with E-state index in [-0.39, 0.29) is 11.4 Å². The number of halogens is 3. The molecule has 0 fully saturated rings. The molecule has 0 saturated carbocycles. The van der Waals surface area contributed by atoms with Crippen LogP contribution in [-0.2, 0) is 0 Å². The lowest BCUT2D eigenvalue weighted by atomic mass is 10.3. The van der Waals surface area contributed by atoms with Crippen LogP contribution in [0.1, 0.15) is 22.5 Å². The molecule has 1 heterocycles. The standard InChI is InChI=1S/C14H13F3N2O2/c1-10-12(9-20)13(21-8-7-14(15,16)17)19(18-10)11-5-3-2-4-6-11/h2-6,9H,7-8H2,1H3. The quantitative estimate of drug-likeness (QED) is 0.795. The number of hydrogen-bond acceptors (Lipinski definition) is 3. The zero-order valence-corrected chi connectivity index (χ0v) is 11.2. The summed E-state index contributed by atoms with van der Waals surface area (Å²) in [6.07, 6.45) is -4.87. The molecule has 0 aliphatic rings. The number of aromatic nitrogens is 2. The van der Waals surface area contributed by atoms with Gasteiger partial charge in [-0.25, -0.2) is 4.68 Å². The molecule has 0 aliphatic heterocycles. The summed E-state index contributed by atoms with van der Waals surface area (Å²) in [4.78, 5) is 11.1. The molecule has 2 rings (SSSR count). The van der Waals surface area contributed by atoms with Crippen molar-refractivity contribution in [3.63, 3.8) is 0 Å². The van der Waals surface area contributed by atoms with Crippen molar-refractivity contribution in [2.45, 2.75) is 19.5 Å². The fourth-order valence-corrected chi connectivity index (χ4v) is 1.80. The van der Waals surface area contributed by atoms with Crippen molar-refractivity contribution in [1.82, 2.24) is 9.78 Å². The van der Waals surface area contributed by atoms with Crippen molar-refractivity contribution in [2.24, 2.45) is 0 Å². The monoisotopic (exact) mass is 298 g/mol. The topological polar surface area (TPSA) is 44.1 Å². The van der Waals surface area contributed by atoms with Crippen molar-refractivity contribution < 1.29 is 22.7 Å². The Balaban J connectivity index is 2.31. The molecule has 0 aliphatic carbocycles. The van der Waals surface area contributed by atoms with E-state index in [0.29, 0.717) is 17.7 Å². The van der Waals surface area contributed by atoms with E-state index in [1.165, 1.54) is 4.68 Å². The Morgan fingerprint density at radius 1 is 1.29 bits per heavy atom. The van der Waals surface area contributed by atoms with Crippen LogP contribution in [-0.4, -0.2) is 28.8 Å². The first kappa shape index (κ1) is 15.1. The highest BCUT2D eigenvalue weighted by Gasteiger charge is 2.28. The van der Waals surface area contributed by atoms with Crippen LogP contribution in [0.4, 0.5) is 13.2 Å². The summed E-state index contributed by atoms with van der Waals surface area (Å²) < 4.78 is 43.1. The van der Waals surface area contributed by atoms with Gasteiger partial charge in [0.2, 0.25) is 5.88 Å². The number of ether oxygens (including phenoxy) is 1. The first-order valence-electron chi connectivity index (χ1n) is 6.22. The van der Waals surface area contributed by atoms with Gasteiger partial charge in [0.1, 0.15) is 0 Å². The maximum atomic E-state index is 12.2. The van der Waals surface area contributed by atoms with Crippen LogP contribution in [0.3, 0.4) is 0 Å². The summed E-state index contributed by atoms with van der Waals surface area (Å²) in [6, 6.07) is 8.75. The molecule has 112 valence electrons. The lowest BCUT2D eigenvalue weighted by Crippen LogP contribution is -2.14. The Bertz CT molecular complexity index is 621. The Morgan fingerprint density at radius 3 is 2.52 bits per heavy atom. The zero-order chi connectivity index (χ0) is 15.5. The van der Waals surface area contributed by atoms with Gasteiger partial charge in [-0.05, 0) is 19.1 Å². The smallest absolute Gasteiger partial charge is 0.392 e. The van der Waals surface area contributed by atoms with Crippen LogP contribution in [0.15, 0.2) is 30.3 Å². The minimum absolute atomic E-state index is 0.0259. The maximum absolute atomic E-state index is 12.2. The summed E-state index contributed by atoms with van der Waals surface area (Å²) in [5.74, 6) is 0.0259. The zero-order valence-electron chi connectivity index (χ0n) is 11.2. The number of alkyl halides is 3. The number of hydrogen-bond donors (Lipinski definition) is 0. The fourth-order valence-electron chi connectivity index (χ4n) is 1.80. The summed E-state index contributed by atoms with van der Waals surface area (Å²) in [5.41, 5.74) is 1.16. The molecular formula is C14H13F3N2O2. The molecule has 1 aromatic heterocycles. The van der Waals surface area contributed by atoms with Crippen LogP contribution < -0.4 is 4.74 Å². The molecule has 0 radical (unpaired) electrons. The predicted octanol–water partition coefficient (Wildman–Crippen LogP) is 3.32. The second kappa shape index (κ2) is 5.99. The van der Waals surface area contributed by atoms with E-state index >= 15 is 0 Å². The summed E-state index contributed by atoms with van der Waals surface area (Å²) in [7, 11) is 0. The molecule has 0 saturated heterocycles. The van der Waals surface area contributed by atoms with Crippen molar-refractivity contribution in [1.29, 1.82) is 0 Å². The van der Waals surface area contributed by atoms with E-state index in [9.17, 15) is 18.0 Å². The van der Waals surface area contributed by atoms with E-state index in [1.807, 2.05) is 0 Å². The van der Waals surface area contributed by atoms with Gasteiger partial charge in [-0.2, -0.15) is 18.3 Å². The minimum Gasteiger partial charge on any atom is -0.477 e. The molecule has 0 amide bonds. The van der Waals surface area contributed by atoms with E-state index < -0.39 is 19.2 Å². The molecule has 0 spiro atoms. The number of nitrogens with zero attached hydrogens (tertiary/aromatic N) is 2. The highest BCUT2D eigenvalue weighted by atomic mass is 19.4. The van der Waals surface area contributed by atoms with Crippen molar-refractivity contribution in [3.8, 4) is 11.6 Å². The lowest BCUT2D eigenvalue weighted by molar-refractivity contribution is -0.139. The minimum atomic E-state index is -4.31. The Morgan fingerprint density at radius 2 is 1.95 bits per heavy atom. The molecule has 0 atom stereocenters. The number of carbonyl (C=O) groups is 1. The highest BCUT2D eigenvalue weighted by molar-refractivity contribution is 5.80. The number of carbonyl (C=O) groups excluding carboxylic acids is 1. The van der Waals surface area contributed by atoms with E-state index in [2.05, 4.69) is 5.10 Å². The Kier molecular flexibility index (Phi) is 4.30. The molecule has 21 heavy (non-hydrogen) atoms. The molecule has 2 aromatic rings. The molecule has 1 aromatic carbocycles. The third kappa shape index (κ3) is 3.62. The highest BCUT2D eigenvalue weighted by Crippen LogP contribution is 2.26. The number of rotatable bonds is 5. The molecule has 0 N–H and O–H groups in total. The van der Waals surface area contributed by atoms with Gasteiger partial charge >= 0.3 is 6.18 Å². The summed E-state index contributed by atoms with van der Waals surface area (Å²) >= 11 is 0. The largest absolute Gasteiger partial charge is 0.477 e. The molecule has 0 unspecified atom stereocenters. The van der Waals surface area contributed by atoms with E-state index in [4.69, 9.17) is 4.74 Å². The van der Waals surface area contributed by atoms with Gasteiger partial charge < -0.3 is 4.74 Å². The average Bonchev–Trinajstić information content (AvgIpc) is 2.74. The third-order valence-corrected chi connectivity index (χ3v) is 2.81. The van der Waals surface area contributed by atoms with Crippen LogP contribution in [0, 0.1) is 6.92 Å². The van der Waals surface area contributed by atoms with E-state index in [1.54, 1.807) is 37.3 Å². The second-order valence-corrected chi connectivity index (χ2v) is 4.38. The number of aryl methyl sites for hydroxylation is 1. The Labute approximate surface area is 119 Å². The van der Waals surface area contributed by atoms with Gasteiger partial charge in [-0.3, -0.25) is 4.79 Å². The van der Waals surface area contributed by atoms with Crippen molar-refractivity contribution >= 4 is 6.29 Å². The Hall–Kier alpha value is -2.31. The fraction of sp³-hybridized carbons (Fsp3) is 0.286. The third-order valence-electron chi connectivity index (χ3n) is 2.81. The maximum Gasteiger partial charge on any atom is 0.392 e. The lowest BCUT2D eigenvalue weighted by Gasteiger charge is -2.11. The average molecular weight is 298 g/mol. The normalized spacial score (nSPS) is 11.4. The van der Waals surface area contributed by atoms with Gasteiger partial charge in [0.05, 0.1) is 30.0 Å². The van der Waals surface area contributed by atoms with Crippen molar-refractivity contribution in [3.05, 3.63) is 41.6 Å². The van der Waals surface area contributed by atoms with Crippen LogP contribution in [0.5, 0.6) is 5.88 Å². The first-order chi connectivity index (χ1) is 9.92. The van der Waals surface area contributed by atoms with Crippen LogP contribution >= 0.6 is 0 Å². The molecule has 0 bridgehead atoms. The van der Waals surface area contributed by atoms with Gasteiger partial charge in [0.15, 0.2) is 6.29 Å². The summed E-state index contributed by atoms with van der Waals surface area (Å²) in [6.45, 7) is 1.03. The summed E-state index contributed by atoms with van der Waals surface area (Å²) in [5, 5.41) is 4.15. The van der Waals surface area contributed by atoms with E-state index in [0.717, 1.165) is 0 Å². The molecule has 4 nitrogen and oxygen atoms in total. The van der Waals surface area contributed by atoms with Crippen LogP contribution in [0.25, 0.3) is 5.69 Å². The number of benzene rings is 1. The number of para-hydroxylation sites is 1. The SMILES string of the molecule is Cc1nn(-c2ccccc2)c(OCCC(F)(F)F)c1C=O. The van der Waals surface area contributed by atoms with Gasteiger partial charge in [0, 0.05) is 0 Å². The number of aldehydes is 1. The predicted molar refractivity (Wildman–Crippen MR) is 69.9 cm³/mol. The second-order valence-electron chi connectivity index (χ2n) is 4.38. The molecular weight excluding hydrogens is 285 g/mol. The van der Waals surface area contributed by atoms with Gasteiger partial charge in [-0.1, -0.05) is 18.2 Å². The van der Waals surface area contributed by atoms with Gasteiger partial charge in [-0.15, -0.1) is 0 Å². The first-order valence-corrected chi connectivity index (χ1v) is 6.22. The van der Waals surface area contributed by atoms with Crippen molar-refractivity contribution in [2.75, 3.05) is 6.61 Å². The molecule has 7 heteroatoms. The van der Waals surface area contributed by atoms with Gasteiger partial charge in [0.25, 0.3) is 0 Å².